The van der Waals surface area contributed by atoms with Crippen molar-refractivity contribution in [3.63, 3.8) is 0 Å². The van der Waals surface area contributed by atoms with Gasteiger partial charge in [0.15, 0.2) is 11.7 Å². The zero-order chi connectivity index (χ0) is 55.9. The van der Waals surface area contributed by atoms with E-state index in [9.17, 15) is 38.8 Å². The zero-order valence-corrected chi connectivity index (χ0v) is 47.4. The van der Waals surface area contributed by atoms with Crippen LogP contribution in [0.5, 0.6) is 23.0 Å². The van der Waals surface area contributed by atoms with Gasteiger partial charge in [0.2, 0.25) is 0 Å². The molecule has 4 N–H and O–H groups in total. The van der Waals surface area contributed by atoms with Crippen LogP contribution >= 0.6 is 7.82 Å². The molecule has 3 aromatic carbocycles. The van der Waals surface area contributed by atoms with Gasteiger partial charge in [0.05, 0.1) is 18.8 Å². The Morgan fingerprint density at radius 2 is 1.09 bits per heavy atom. The first-order valence-corrected chi connectivity index (χ1v) is 30.6. The van der Waals surface area contributed by atoms with E-state index in [1.54, 1.807) is 12.1 Å². The maximum atomic E-state index is 13.5. The number of phosphoric ester groups is 1. The number of phenolic OH excluding ortho intramolecular Hbond substituents is 2. The van der Waals surface area contributed by atoms with Crippen molar-refractivity contribution < 1.29 is 66.8 Å². The minimum absolute atomic E-state index is 0.104. The number of rotatable bonds is 41. The second kappa shape index (κ2) is 35.2. The molecule has 1 spiro atoms. The lowest BCUT2D eigenvalue weighted by molar-refractivity contribution is -0.161. The number of benzene rings is 3. The monoisotopic (exact) mass is 1100 g/mol. The Morgan fingerprint density at radius 3 is 1.62 bits per heavy atom. The number of amides is 1. The van der Waals surface area contributed by atoms with E-state index < -0.39 is 56.6 Å². The van der Waals surface area contributed by atoms with Crippen molar-refractivity contribution in [1.82, 2.24) is 5.32 Å². The van der Waals surface area contributed by atoms with Crippen LogP contribution in [0.4, 0.5) is 0 Å². The Balaban J connectivity index is 1.06. The van der Waals surface area contributed by atoms with Crippen molar-refractivity contribution >= 4 is 31.6 Å². The summed E-state index contributed by atoms with van der Waals surface area (Å²) in [4.78, 5) is 63.3. The molecule has 5 rings (SSSR count). The first-order valence-electron chi connectivity index (χ1n) is 29.1. The molecule has 16 heteroatoms. The normalized spacial score (nSPS) is 14.4. The van der Waals surface area contributed by atoms with Gasteiger partial charge in [-0.2, -0.15) is 0 Å². The summed E-state index contributed by atoms with van der Waals surface area (Å²) < 4.78 is 46.7. The molecule has 0 saturated carbocycles. The van der Waals surface area contributed by atoms with E-state index in [1.807, 2.05) is 0 Å². The number of allylic oxidation sites excluding steroid dienone is 4. The van der Waals surface area contributed by atoms with E-state index in [4.69, 9.17) is 28.0 Å². The highest BCUT2D eigenvalue weighted by atomic mass is 31.2. The number of phosphoric acid groups is 1. The summed E-state index contributed by atoms with van der Waals surface area (Å²) in [5.41, 5.74) is -0.178. The Labute approximate surface area is 463 Å². The largest absolute Gasteiger partial charge is 0.508 e. The molecule has 0 bridgehead atoms. The second-order valence-electron chi connectivity index (χ2n) is 20.6. The number of unbranched alkanes of at least 4 members (excludes halogenated alkanes) is 22. The molecule has 0 fully saturated rings. The van der Waals surface area contributed by atoms with E-state index in [0.717, 1.165) is 77.0 Å². The molecule has 1 unspecified atom stereocenters. The van der Waals surface area contributed by atoms with Gasteiger partial charge in [-0.05, 0) is 107 Å². The number of phenols is 2. The number of ether oxygens (including phenoxy) is 4. The Morgan fingerprint density at radius 1 is 0.603 bits per heavy atom. The smallest absolute Gasteiger partial charge is 0.472 e. The Bertz CT molecular complexity index is 2380. The number of hydrogen-bond acceptors (Lipinski definition) is 13. The van der Waals surface area contributed by atoms with Gasteiger partial charge in [-0.15, -0.1) is 0 Å². The van der Waals surface area contributed by atoms with E-state index >= 15 is 0 Å². The third kappa shape index (κ3) is 21.6. The average molecular weight is 1100 g/mol. The number of hydrogen-bond donors (Lipinski definition) is 4. The lowest BCUT2D eigenvalue weighted by Gasteiger charge is -2.36. The van der Waals surface area contributed by atoms with Gasteiger partial charge in [0, 0.05) is 53.8 Å². The zero-order valence-electron chi connectivity index (χ0n) is 46.5. The minimum Gasteiger partial charge on any atom is -0.508 e. The third-order valence-electron chi connectivity index (χ3n) is 14.1. The molecule has 2 heterocycles. The first kappa shape index (κ1) is 63.4. The summed E-state index contributed by atoms with van der Waals surface area (Å²) in [6.07, 6.45) is 37.6. The van der Waals surface area contributed by atoms with Crippen molar-refractivity contribution in [2.75, 3.05) is 26.4 Å². The van der Waals surface area contributed by atoms with Crippen LogP contribution in [0.3, 0.4) is 0 Å². The topological polar surface area (TPSA) is 213 Å². The molecule has 0 aromatic heterocycles. The van der Waals surface area contributed by atoms with Gasteiger partial charge in [0.25, 0.3) is 5.91 Å². The number of fused-ring (bicyclic) bond motifs is 6. The van der Waals surface area contributed by atoms with Gasteiger partial charge < -0.3 is 39.4 Å². The van der Waals surface area contributed by atoms with E-state index in [2.05, 4.69) is 43.5 Å². The fourth-order valence-electron chi connectivity index (χ4n) is 9.78. The highest BCUT2D eigenvalue weighted by molar-refractivity contribution is 7.47. The van der Waals surface area contributed by atoms with Crippen LogP contribution < -0.4 is 10.1 Å². The Hall–Kier alpha value is -5.47. The summed E-state index contributed by atoms with van der Waals surface area (Å²) in [5.74, 6) is -2.12. The summed E-state index contributed by atoms with van der Waals surface area (Å²) in [7, 11) is -4.77. The van der Waals surface area contributed by atoms with Gasteiger partial charge in [0.1, 0.15) is 29.6 Å². The van der Waals surface area contributed by atoms with Crippen LogP contribution in [0.25, 0.3) is 0 Å². The van der Waals surface area contributed by atoms with Gasteiger partial charge in [-0.3, -0.25) is 23.4 Å². The van der Waals surface area contributed by atoms with Crippen LogP contribution in [0.15, 0.2) is 78.9 Å². The Kier molecular flexibility index (Phi) is 28.6. The van der Waals surface area contributed by atoms with E-state index in [-0.39, 0.29) is 60.1 Å². The molecule has 0 radical (unpaired) electrons. The first-order chi connectivity index (χ1) is 37.9. The van der Waals surface area contributed by atoms with Crippen LogP contribution in [0.1, 0.15) is 231 Å². The van der Waals surface area contributed by atoms with Crippen molar-refractivity contribution in [1.29, 1.82) is 0 Å². The van der Waals surface area contributed by atoms with Crippen LogP contribution in [0, 0.1) is 0 Å². The van der Waals surface area contributed by atoms with E-state index in [1.165, 1.54) is 120 Å². The number of esters is 3. The van der Waals surface area contributed by atoms with Crippen molar-refractivity contribution in [2.45, 2.75) is 205 Å². The molecule has 3 aromatic rings. The molecule has 430 valence electrons. The molecule has 1 amide bonds. The van der Waals surface area contributed by atoms with E-state index in [0.29, 0.717) is 29.5 Å². The highest BCUT2D eigenvalue weighted by Crippen LogP contribution is 2.57. The molecule has 2 aliphatic heterocycles. The van der Waals surface area contributed by atoms with Crippen molar-refractivity contribution in [3.8, 4) is 23.0 Å². The SMILES string of the molecule is CCCCCCCC/C=C\CCCCCCCC(=O)OC[C@H](COP(=O)(O)OCCNC(=O)c1ccc2c(c1)C1(OC2=O)c2ccc(O)cc2Oc2cc(O)ccc21)OC(=O)CCCCCCC/C=C\CCCCCCCC. The summed E-state index contributed by atoms with van der Waals surface area (Å²) in [5, 5.41) is 23.2. The molecule has 0 aliphatic carbocycles. The third-order valence-corrected chi connectivity index (χ3v) is 15.1. The van der Waals surface area contributed by atoms with Gasteiger partial charge in [-0.1, -0.05) is 141 Å². The number of nitrogens with one attached hydrogen (secondary N) is 1. The van der Waals surface area contributed by atoms with Crippen LogP contribution in [-0.2, 0) is 43.0 Å². The minimum atomic E-state index is -4.77. The lowest BCUT2D eigenvalue weighted by atomic mass is 9.77. The highest BCUT2D eigenvalue weighted by Gasteiger charge is 2.54. The lowest BCUT2D eigenvalue weighted by Crippen LogP contribution is -2.33. The molecule has 0 saturated heterocycles. The summed E-state index contributed by atoms with van der Waals surface area (Å²) in [6.45, 7) is 2.83. The predicted molar refractivity (Wildman–Crippen MR) is 302 cm³/mol. The number of aromatic hydroxyl groups is 2. The molecule has 78 heavy (non-hydrogen) atoms. The molecule has 2 atom stereocenters. The maximum Gasteiger partial charge on any atom is 0.472 e. The van der Waals surface area contributed by atoms with Gasteiger partial charge >= 0.3 is 25.7 Å². The standard InChI is InChI=1S/C62H88NO14P/c1-3-5-7-9-11-13-15-17-19-21-23-25-27-29-31-33-58(66)72-46-51(75-59(67)34-32-30-28-26-24-22-20-18-16-14-12-10-8-6-4-2)47-74-78(70,71)73-42-41-63-60(68)48-35-38-52-55(43-48)62(77-61(52)69)53-39-36-49(64)44-56(53)76-57-45-50(65)37-40-54(57)62/h17-20,35-40,43-45,51,64-65H,3-16,21-34,41-42,46-47H2,1-2H3,(H,63,68)(H,70,71)/b19-17-,20-18-/t51-/m1/s1. The molecular formula is C62H88NO14P. The molecular weight excluding hydrogens is 1010 g/mol. The molecule has 2 aliphatic rings. The van der Waals surface area contributed by atoms with Crippen molar-refractivity contribution in [3.05, 3.63) is 107 Å². The molecule has 15 nitrogen and oxygen atoms in total. The van der Waals surface area contributed by atoms with Crippen molar-refractivity contribution in [2.24, 2.45) is 0 Å². The summed E-state index contributed by atoms with van der Waals surface area (Å²) in [6, 6.07) is 13.1. The fourth-order valence-corrected chi connectivity index (χ4v) is 10.5. The van der Waals surface area contributed by atoms with Gasteiger partial charge in [-0.25, -0.2) is 9.36 Å². The second-order valence-corrected chi connectivity index (χ2v) is 22.1. The number of carbonyl (C=O) groups is 4. The maximum absolute atomic E-state index is 13.5. The predicted octanol–water partition coefficient (Wildman–Crippen LogP) is 15.1. The van der Waals surface area contributed by atoms with Crippen LogP contribution in [-0.4, -0.2) is 71.4 Å². The average Bonchev–Trinajstić information content (AvgIpc) is 3.88. The summed E-state index contributed by atoms with van der Waals surface area (Å²) >= 11 is 0. The van der Waals surface area contributed by atoms with Crippen LogP contribution in [0.2, 0.25) is 0 Å². The quantitative estimate of drug-likeness (QED) is 0.0137. The fraction of sp³-hybridized carbons (Fsp3) is 0.581. The number of carbonyl (C=O) groups excluding carboxylic acids is 4.